The molecule has 9 nitrogen and oxygen atoms in total. The Labute approximate surface area is 169 Å². The van der Waals surface area contributed by atoms with Crippen LogP contribution in [0.4, 0.5) is 11.4 Å². The van der Waals surface area contributed by atoms with Gasteiger partial charge < -0.3 is 10.1 Å². The number of nitrogens with one attached hydrogen (secondary N) is 1. The monoisotopic (exact) mass is 421 g/mol. The fourth-order valence-corrected chi connectivity index (χ4v) is 4.03. The number of ether oxygens (including phenoxy) is 1. The van der Waals surface area contributed by atoms with E-state index < -0.39 is 27.0 Å². The molecule has 1 unspecified atom stereocenters. The molecule has 0 aliphatic carbocycles. The molecular weight excluding hydrogens is 398 g/mol. The zero-order valence-corrected chi connectivity index (χ0v) is 17.2. The van der Waals surface area contributed by atoms with Crippen LogP contribution in [0.5, 0.6) is 5.75 Å². The molecule has 2 rings (SSSR count). The molecule has 0 saturated carbocycles. The number of hydrogen-bond acceptors (Lipinski definition) is 6. The first-order chi connectivity index (χ1) is 13.7. The average Bonchev–Trinajstić information content (AvgIpc) is 2.69. The zero-order chi connectivity index (χ0) is 21.6. The Balaban J connectivity index is 2.02. The van der Waals surface area contributed by atoms with Crippen molar-refractivity contribution in [2.75, 3.05) is 18.4 Å². The van der Waals surface area contributed by atoms with Crippen molar-refractivity contribution in [2.24, 2.45) is 0 Å². The highest BCUT2D eigenvalue weighted by Crippen LogP contribution is 2.20. The van der Waals surface area contributed by atoms with Gasteiger partial charge in [-0.2, -0.15) is 4.31 Å². The topological polar surface area (TPSA) is 119 Å². The maximum absolute atomic E-state index is 12.5. The molecule has 0 saturated heterocycles. The van der Waals surface area contributed by atoms with Gasteiger partial charge in [-0.3, -0.25) is 14.9 Å². The molecule has 0 radical (unpaired) electrons. The Morgan fingerprint density at radius 2 is 1.66 bits per heavy atom. The van der Waals surface area contributed by atoms with E-state index in [4.69, 9.17) is 4.74 Å². The molecule has 10 heteroatoms. The van der Waals surface area contributed by atoms with Gasteiger partial charge in [-0.15, -0.1) is 0 Å². The molecule has 1 amide bonds. The molecule has 29 heavy (non-hydrogen) atoms. The molecule has 0 fully saturated rings. The molecule has 2 aromatic rings. The van der Waals surface area contributed by atoms with Crippen molar-refractivity contribution >= 4 is 27.3 Å². The van der Waals surface area contributed by atoms with Crippen molar-refractivity contribution in [1.29, 1.82) is 0 Å². The van der Waals surface area contributed by atoms with E-state index in [1.54, 1.807) is 13.8 Å². The van der Waals surface area contributed by atoms with E-state index in [0.717, 1.165) is 0 Å². The number of nitro benzene ring substituents is 1. The molecule has 0 aromatic heterocycles. The predicted molar refractivity (Wildman–Crippen MR) is 108 cm³/mol. The summed E-state index contributed by atoms with van der Waals surface area (Å²) in [5.74, 6) is -0.124. The zero-order valence-electron chi connectivity index (χ0n) is 16.4. The molecular formula is C19H23N3O6S. The number of hydrogen-bond donors (Lipinski definition) is 1. The lowest BCUT2D eigenvalue weighted by molar-refractivity contribution is -0.384. The van der Waals surface area contributed by atoms with Crippen molar-refractivity contribution in [2.45, 2.75) is 31.8 Å². The second-order valence-electron chi connectivity index (χ2n) is 6.11. The number of rotatable bonds is 9. The SMILES string of the molecule is CCN(CC)S(=O)(=O)c1ccc(NC(=O)C(C)Oc2ccc([N+](=O)[O-])cc2)cc1. The van der Waals surface area contributed by atoms with Crippen LogP contribution in [0.25, 0.3) is 0 Å². The Morgan fingerprint density at radius 1 is 1.10 bits per heavy atom. The highest BCUT2D eigenvalue weighted by atomic mass is 32.2. The van der Waals surface area contributed by atoms with E-state index in [1.807, 2.05) is 0 Å². The quantitative estimate of drug-likeness (QED) is 0.491. The Morgan fingerprint density at radius 3 is 2.14 bits per heavy atom. The molecule has 1 atom stereocenters. The van der Waals surface area contributed by atoms with Crippen LogP contribution >= 0.6 is 0 Å². The fourth-order valence-electron chi connectivity index (χ4n) is 2.57. The highest BCUT2D eigenvalue weighted by Gasteiger charge is 2.22. The van der Waals surface area contributed by atoms with Crippen LogP contribution in [-0.2, 0) is 14.8 Å². The number of nitro groups is 1. The van der Waals surface area contributed by atoms with E-state index in [0.29, 0.717) is 24.5 Å². The fraction of sp³-hybridized carbons (Fsp3) is 0.316. The van der Waals surface area contributed by atoms with Crippen LogP contribution < -0.4 is 10.1 Å². The van der Waals surface area contributed by atoms with Crippen LogP contribution in [0.2, 0.25) is 0 Å². The van der Waals surface area contributed by atoms with Crippen LogP contribution in [0.1, 0.15) is 20.8 Å². The van der Waals surface area contributed by atoms with Gasteiger partial charge in [0, 0.05) is 30.9 Å². The third kappa shape index (κ3) is 5.52. The minimum absolute atomic E-state index is 0.0748. The Bertz CT molecular complexity index is 954. The molecule has 2 aromatic carbocycles. The first kappa shape index (κ1) is 22.3. The van der Waals surface area contributed by atoms with Crippen molar-refractivity contribution in [1.82, 2.24) is 4.31 Å². The average molecular weight is 421 g/mol. The van der Waals surface area contributed by atoms with Crippen LogP contribution in [0, 0.1) is 10.1 Å². The Kier molecular flexibility index (Phi) is 7.29. The van der Waals surface area contributed by atoms with E-state index in [1.165, 1.54) is 59.8 Å². The molecule has 156 valence electrons. The lowest BCUT2D eigenvalue weighted by atomic mass is 10.3. The van der Waals surface area contributed by atoms with Crippen molar-refractivity contribution in [3.05, 3.63) is 58.6 Å². The van der Waals surface area contributed by atoms with Gasteiger partial charge in [0.25, 0.3) is 11.6 Å². The first-order valence-corrected chi connectivity index (χ1v) is 10.4. The largest absolute Gasteiger partial charge is 0.481 e. The number of non-ortho nitro benzene ring substituents is 1. The summed E-state index contributed by atoms with van der Waals surface area (Å²) in [7, 11) is -3.57. The van der Waals surface area contributed by atoms with E-state index in [-0.39, 0.29) is 10.6 Å². The van der Waals surface area contributed by atoms with Gasteiger partial charge >= 0.3 is 0 Å². The third-order valence-corrected chi connectivity index (χ3v) is 6.26. The molecule has 0 aliphatic rings. The summed E-state index contributed by atoms with van der Waals surface area (Å²) in [5.41, 5.74) is 0.349. The maximum atomic E-state index is 12.5. The summed E-state index contributed by atoms with van der Waals surface area (Å²) in [4.78, 5) is 22.6. The first-order valence-electron chi connectivity index (χ1n) is 9.01. The minimum atomic E-state index is -3.57. The van der Waals surface area contributed by atoms with Crippen LogP contribution in [0.3, 0.4) is 0 Å². The van der Waals surface area contributed by atoms with Crippen molar-refractivity contribution in [3.63, 3.8) is 0 Å². The number of carbonyl (C=O) groups is 1. The summed E-state index contributed by atoms with van der Waals surface area (Å²) in [6, 6.07) is 11.3. The maximum Gasteiger partial charge on any atom is 0.269 e. The standard InChI is InChI=1S/C19H23N3O6S/c1-4-21(5-2)29(26,27)18-12-6-15(7-13-18)20-19(23)14(3)28-17-10-8-16(9-11-17)22(24)25/h6-14H,4-5H2,1-3H3,(H,20,23). The van der Waals surface area contributed by atoms with Crippen molar-refractivity contribution < 1.29 is 22.9 Å². The van der Waals surface area contributed by atoms with Crippen LogP contribution in [0.15, 0.2) is 53.4 Å². The number of nitrogens with zero attached hydrogens (tertiary/aromatic N) is 2. The van der Waals surface area contributed by atoms with Gasteiger partial charge in [0.1, 0.15) is 5.75 Å². The minimum Gasteiger partial charge on any atom is -0.481 e. The van der Waals surface area contributed by atoms with Crippen molar-refractivity contribution in [3.8, 4) is 5.75 Å². The third-order valence-electron chi connectivity index (χ3n) is 4.19. The lowest BCUT2D eigenvalue weighted by Crippen LogP contribution is -2.31. The summed E-state index contributed by atoms with van der Waals surface area (Å²) < 4.78 is 31.8. The van der Waals surface area contributed by atoms with E-state index >= 15 is 0 Å². The number of benzene rings is 2. The normalized spacial score (nSPS) is 12.4. The van der Waals surface area contributed by atoms with Gasteiger partial charge in [-0.25, -0.2) is 8.42 Å². The molecule has 1 N–H and O–H groups in total. The summed E-state index contributed by atoms with van der Waals surface area (Å²) in [6.07, 6.45) is -0.865. The number of carbonyl (C=O) groups excluding carboxylic acids is 1. The number of sulfonamides is 1. The molecule has 0 bridgehead atoms. The second-order valence-corrected chi connectivity index (χ2v) is 8.05. The number of anilines is 1. The predicted octanol–water partition coefficient (Wildman–Crippen LogP) is 3.03. The van der Waals surface area contributed by atoms with Gasteiger partial charge in [0.05, 0.1) is 9.82 Å². The number of amides is 1. The summed E-state index contributed by atoms with van der Waals surface area (Å²) in [5, 5.41) is 13.3. The van der Waals surface area contributed by atoms with Gasteiger partial charge in [0.15, 0.2) is 6.10 Å². The molecule has 0 heterocycles. The molecule has 0 spiro atoms. The summed E-state index contributed by atoms with van der Waals surface area (Å²) in [6.45, 7) is 5.81. The highest BCUT2D eigenvalue weighted by molar-refractivity contribution is 7.89. The van der Waals surface area contributed by atoms with E-state index in [9.17, 15) is 23.3 Å². The van der Waals surface area contributed by atoms with E-state index in [2.05, 4.69) is 5.32 Å². The molecule has 0 aliphatic heterocycles. The second kappa shape index (κ2) is 9.48. The smallest absolute Gasteiger partial charge is 0.269 e. The van der Waals surface area contributed by atoms with Gasteiger partial charge in [-0.05, 0) is 43.3 Å². The lowest BCUT2D eigenvalue weighted by Gasteiger charge is -2.19. The van der Waals surface area contributed by atoms with Crippen LogP contribution in [-0.4, -0.2) is 42.7 Å². The summed E-state index contributed by atoms with van der Waals surface area (Å²) >= 11 is 0. The van der Waals surface area contributed by atoms with Gasteiger partial charge in [0.2, 0.25) is 10.0 Å². The Hall–Kier alpha value is -2.98. The van der Waals surface area contributed by atoms with Gasteiger partial charge in [-0.1, -0.05) is 13.8 Å².